The predicted octanol–water partition coefficient (Wildman–Crippen LogP) is 0.943. The van der Waals surface area contributed by atoms with Crippen molar-refractivity contribution in [3.63, 3.8) is 0 Å². The highest BCUT2D eigenvalue weighted by molar-refractivity contribution is 7.89. The summed E-state index contributed by atoms with van der Waals surface area (Å²) in [7, 11) is -2.92. The van der Waals surface area contributed by atoms with Gasteiger partial charge in [0.25, 0.3) is 0 Å². The number of nitrogens with one attached hydrogen (secondary N) is 1. The highest BCUT2D eigenvalue weighted by Gasteiger charge is 2.27. The first-order chi connectivity index (χ1) is 9.43. The molecule has 1 aromatic rings. The van der Waals surface area contributed by atoms with Crippen molar-refractivity contribution in [1.82, 2.24) is 9.62 Å². The second kappa shape index (κ2) is 5.98. The number of halogens is 1. The van der Waals surface area contributed by atoms with Crippen LogP contribution in [0.2, 0.25) is 0 Å². The van der Waals surface area contributed by atoms with Gasteiger partial charge in [-0.3, -0.25) is 4.79 Å². The first-order valence-electron chi connectivity index (χ1n) is 6.26. The van der Waals surface area contributed by atoms with Gasteiger partial charge in [0.15, 0.2) is 0 Å². The second-order valence-corrected chi connectivity index (χ2v) is 7.76. The predicted molar refractivity (Wildman–Crippen MR) is 78.5 cm³/mol. The largest absolute Gasteiger partial charge is 0.399 e. The topological polar surface area (TPSA) is 92.5 Å². The van der Waals surface area contributed by atoms with E-state index in [-0.39, 0.29) is 5.69 Å². The van der Waals surface area contributed by atoms with E-state index < -0.39 is 38.7 Å². The Kier molecular flexibility index (Phi) is 4.95. The van der Waals surface area contributed by atoms with Crippen LogP contribution in [0.25, 0.3) is 0 Å². The van der Waals surface area contributed by atoms with Crippen LogP contribution < -0.4 is 11.1 Å². The van der Waals surface area contributed by atoms with E-state index in [1.165, 1.54) is 13.1 Å². The molecule has 0 aliphatic heterocycles. The van der Waals surface area contributed by atoms with Crippen LogP contribution in [0.5, 0.6) is 0 Å². The number of hydrogen-bond acceptors (Lipinski definition) is 4. The molecule has 0 heterocycles. The van der Waals surface area contributed by atoms with Crippen LogP contribution in [0.1, 0.15) is 20.8 Å². The molecule has 0 unspecified atom stereocenters. The molecule has 21 heavy (non-hydrogen) atoms. The molecule has 0 spiro atoms. The number of rotatable bonds is 4. The summed E-state index contributed by atoms with van der Waals surface area (Å²) in [5, 5.41) is 2.64. The van der Waals surface area contributed by atoms with Gasteiger partial charge in [-0.1, -0.05) is 0 Å². The van der Waals surface area contributed by atoms with Crippen LogP contribution in [0.4, 0.5) is 10.1 Å². The van der Waals surface area contributed by atoms with Crippen molar-refractivity contribution in [1.29, 1.82) is 0 Å². The maximum atomic E-state index is 13.7. The van der Waals surface area contributed by atoms with E-state index in [0.29, 0.717) is 0 Å². The van der Waals surface area contributed by atoms with Crippen LogP contribution >= 0.6 is 0 Å². The number of amides is 1. The summed E-state index contributed by atoms with van der Waals surface area (Å²) in [4.78, 5) is 11.2. The Hall–Kier alpha value is -1.67. The number of carbonyl (C=O) groups is 1. The lowest BCUT2D eigenvalue weighted by atomic mass is 10.1. The fourth-order valence-electron chi connectivity index (χ4n) is 1.63. The van der Waals surface area contributed by atoms with Gasteiger partial charge in [0.2, 0.25) is 15.9 Å². The molecule has 1 amide bonds. The van der Waals surface area contributed by atoms with Crippen molar-refractivity contribution in [2.24, 2.45) is 0 Å². The van der Waals surface area contributed by atoms with Gasteiger partial charge in [-0.05, 0) is 39.0 Å². The minimum atomic E-state index is -4.13. The highest BCUT2D eigenvalue weighted by atomic mass is 32.2. The Morgan fingerprint density at radius 1 is 1.38 bits per heavy atom. The van der Waals surface area contributed by atoms with Gasteiger partial charge < -0.3 is 11.1 Å². The van der Waals surface area contributed by atoms with Gasteiger partial charge in [-0.2, -0.15) is 4.31 Å². The summed E-state index contributed by atoms with van der Waals surface area (Å²) in [6.07, 6.45) is 0. The molecule has 0 saturated heterocycles. The monoisotopic (exact) mass is 317 g/mol. The van der Waals surface area contributed by atoms with E-state index in [1.54, 1.807) is 20.8 Å². The third-order valence-corrected chi connectivity index (χ3v) is 4.34. The SMILES string of the molecule is CN(CC(=O)NC(C)(C)C)S(=O)(=O)c1cc(N)ccc1F. The summed E-state index contributed by atoms with van der Waals surface area (Å²) < 4.78 is 39.0. The summed E-state index contributed by atoms with van der Waals surface area (Å²) in [6, 6.07) is 3.27. The third kappa shape index (κ3) is 4.68. The molecule has 0 aromatic heterocycles. The first-order valence-corrected chi connectivity index (χ1v) is 7.70. The van der Waals surface area contributed by atoms with Gasteiger partial charge in [-0.15, -0.1) is 0 Å². The fourth-order valence-corrected chi connectivity index (χ4v) is 2.85. The van der Waals surface area contributed by atoms with Gasteiger partial charge in [0, 0.05) is 18.3 Å². The zero-order valence-corrected chi connectivity index (χ0v) is 13.3. The number of nitrogens with two attached hydrogens (primary N) is 1. The number of anilines is 1. The molecule has 118 valence electrons. The van der Waals surface area contributed by atoms with Crippen LogP contribution in [0.3, 0.4) is 0 Å². The summed E-state index contributed by atoms with van der Waals surface area (Å²) in [6.45, 7) is 4.92. The quantitative estimate of drug-likeness (QED) is 0.809. The van der Waals surface area contributed by atoms with Crippen molar-refractivity contribution in [2.45, 2.75) is 31.2 Å². The molecule has 3 N–H and O–H groups in total. The zero-order valence-electron chi connectivity index (χ0n) is 12.5. The summed E-state index contributed by atoms with van der Waals surface area (Å²) in [5.74, 6) is -1.38. The molecule has 0 fully saturated rings. The van der Waals surface area contributed by atoms with Crippen LogP contribution in [0, 0.1) is 5.82 Å². The van der Waals surface area contributed by atoms with Crippen molar-refractivity contribution in [3.05, 3.63) is 24.0 Å². The fraction of sp³-hybridized carbons (Fsp3) is 0.462. The number of nitrogens with zero attached hydrogens (tertiary/aromatic N) is 1. The Morgan fingerprint density at radius 3 is 2.48 bits per heavy atom. The van der Waals surface area contributed by atoms with E-state index >= 15 is 0 Å². The Labute approximate surface area is 124 Å². The van der Waals surface area contributed by atoms with Gasteiger partial charge in [0.05, 0.1) is 6.54 Å². The molecule has 1 aromatic carbocycles. The van der Waals surface area contributed by atoms with Crippen LogP contribution in [-0.4, -0.2) is 37.8 Å². The average molecular weight is 317 g/mol. The number of sulfonamides is 1. The average Bonchev–Trinajstić information content (AvgIpc) is 2.29. The van der Waals surface area contributed by atoms with Gasteiger partial charge in [0.1, 0.15) is 10.7 Å². The minimum Gasteiger partial charge on any atom is -0.399 e. The van der Waals surface area contributed by atoms with E-state index in [1.807, 2.05) is 0 Å². The number of hydrogen-bond donors (Lipinski definition) is 2. The van der Waals surface area contributed by atoms with Crippen molar-refractivity contribution >= 4 is 21.6 Å². The van der Waals surface area contributed by atoms with Crippen molar-refractivity contribution in [3.8, 4) is 0 Å². The lowest BCUT2D eigenvalue weighted by molar-refractivity contribution is -0.122. The lowest BCUT2D eigenvalue weighted by Crippen LogP contribution is -2.46. The molecule has 0 radical (unpaired) electrons. The first kappa shape index (κ1) is 17.4. The van der Waals surface area contributed by atoms with Crippen LogP contribution in [0.15, 0.2) is 23.1 Å². The van der Waals surface area contributed by atoms with Crippen molar-refractivity contribution in [2.75, 3.05) is 19.3 Å². The molecule has 6 nitrogen and oxygen atoms in total. The molecule has 0 aliphatic carbocycles. The van der Waals surface area contributed by atoms with E-state index in [4.69, 9.17) is 5.73 Å². The Balaban J connectivity index is 2.97. The highest BCUT2D eigenvalue weighted by Crippen LogP contribution is 2.20. The maximum Gasteiger partial charge on any atom is 0.246 e. The number of nitrogen functional groups attached to an aromatic ring is 1. The molecule has 0 atom stereocenters. The molecule has 0 saturated carbocycles. The Morgan fingerprint density at radius 2 is 1.95 bits per heavy atom. The minimum absolute atomic E-state index is 0.127. The van der Waals surface area contributed by atoms with E-state index in [0.717, 1.165) is 16.4 Å². The Bertz CT molecular complexity index is 639. The maximum absolute atomic E-state index is 13.7. The summed E-state index contributed by atoms with van der Waals surface area (Å²) >= 11 is 0. The number of likely N-dealkylation sites (N-methyl/N-ethyl adjacent to an activating group) is 1. The molecule has 0 aliphatic rings. The van der Waals surface area contributed by atoms with Gasteiger partial charge >= 0.3 is 0 Å². The number of benzene rings is 1. The standard InChI is InChI=1S/C13H20FN3O3S/c1-13(2,3)16-12(18)8-17(4)21(19,20)11-7-9(15)5-6-10(11)14/h5-7H,8,15H2,1-4H3,(H,16,18). The summed E-state index contributed by atoms with van der Waals surface area (Å²) in [5.41, 5.74) is 5.13. The van der Waals surface area contributed by atoms with Gasteiger partial charge in [-0.25, -0.2) is 12.8 Å². The molecular formula is C13H20FN3O3S. The second-order valence-electron chi connectivity index (χ2n) is 5.75. The molecule has 8 heteroatoms. The molecule has 1 rings (SSSR count). The molecule has 0 bridgehead atoms. The van der Waals surface area contributed by atoms with Crippen LogP contribution in [-0.2, 0) is 14.8 Å². The smallest absolute Gasteiger partial charge is 0.246 e. The normalized spacial score (nSPS) is 12.5. The van der Waals surface area contributed by atoms with E-state index in [2.05, 4.69) is 5.32 Å². The van der Waals surface area contributed by atoms with Crippen molar-refractivity contribution < 1.29 is 17.6 Å². The number of carbonyl (C=O) groups excluding carboxylic acids is 1. The molecular weight excluding hydrogens is 297 g/mol. The lowest BCUT2D eigenvalue weighted by Gasteiger charge is -2.23. The third-order valence-electron chi connectivity index (χ3n) is 2.52. The zero-order chi connectivity index (χ0) is 16.4. The van der Waals surface area contributed by atoms with E-state index in [9.17, 15) is 17.6 Å².